The molecule has 8 heteroatoms. The van der Waals surface area contributed by atoms with Crippen molar-refractivity contribution in [3.63, 3.8) is 0 Å². The normalized spacial score (nSPS) is 10.7. The first-order valence-corrected chi connectivity index (χ1v) is 8.55. The van der Waals surface area contributed by atoms with E-state index in [1.54, 1.807) is 29.6 Å². The van der Waals surface area contributed by atoms with E-state index in [1.165, 1.54) is 11.3 Å². The van der Waals surface area contributed by atoms with Gasteiger partial charge in [-0.25, -0.2) is 4.98 Å². The van der Waals surface area contributed by atoms with Gasteiger partial charge in [0.25, 0.3) is 11.8 Å². The quantitative estimate of drug-likeness (QED) is 0.740. The average molecular weight is 383 g/mol. The number of carbonyl (C=O) groups excluding carboxylic acids is 2. The Morgan fingerprint density at radius 1 is 1.24 bits per heavy atom. The summed E-state index contributed by atoms with van der Waals surface area (Å²) in [5, 5.41) is 8.20. The van der Waals surface area contributed by atoms with Gasteiger partial charge in [-0.15, -0.1) is 23.7 Å². The summed E-state index contributed by atoms with van der Waals surface area (Å²) in [5.41, 5.74) is 6.56. The van der Waals surface area contributed by atoms with E-state index in [0.717, 1.165) is 5.01 Å². The molecule has 1 heterocycles. The molecule has 0 fully saturated rings. The van der Waals surface area contributed by atoms with Gasteiger partial charge in [0.15, 0.2) is 0 Å². The predicted molar refractivity (Wildman–Crippen MR) is 104 cm³/mol. The number of anilines is 1. The zero-order valence-corrected chi connectivity index (χ0v) is 16.1. The summed E-state index contributed by atoms with van der Waals surface area (Å²) in [4.78, 5) is 28.7. The van der Waals surface area contributed by atoms with Crippen molar-refractivity contribution in [2.24, 2.45) is 5.73 Å². The van der Waals surface area contributed by atoms with Gasteiger partial charge in [0.05, 0.1) is 5.01 Å². The number of halogens is 1. The van der Waals surface area contributed by atoms with E-state index in [2.05, 4.69) is 15.6 Å². The zero-order chi connectivity index (χ0) is 17.7. The number of nitrogens with two attached hydrogens (primary N) is 1. The second kappa shape index (κ2) is 8.94. The molecule has 136 valence electrons. The molecule has 1 aromatic carbocycles. The van der Waals surface area contributed by atoms with Crippen molar-refractivity contribution in [1.29, 1.82) is 0 Å². The van der Waals surface area contributed by atoms with Gasteiger partial charge in [-0.3, -0.25) is 9.59 Å². The maximum atomic E-state index is 12.2. The zero-order valence-electron chi connectivity index (χ0n) is 14.5. The Kier molecular flexibility index (Phi) is 7.54. The molecule has 2 rings (SSSR count). The molecular weight excluding hydrogens is 360 g/mol. The highest BCUT2D eigenvalue weighted by molar-refractivity contribution is 7.09. The second-order valence-corrected chi connectivity index (χ2v) is 7.35. The lowest BCUT2D eigenvalue weighted by Crippen LogP contribution is -2.40. The lowest BCUT2D eigenvalue weighted by molar-refractivity contribution is 0.0918. The summed E-state index contributed by atoms with van der Waals surface area (Å²) >= 11 is 1.41. The van der Waals surface area contributed by atoms with E-state index in [4.69, 9.17) is 5.73 Å². The van der Waals surface area contributed by atoms with Crippen LogP contribution in [0, 0.1) is 0 Å². The topological polar surface area (TPSA) is 97.1 Å². The summed E-state index contributed by atoms with van der Waals surface area (Å²) in [5.74, 6) is -0.486. The van der Waals surface area contributed by atoms with Gasteiger partial charge in [-0.2, -0.15) is 0 Å². The van der Waals surface area contributed by atoms with Crippen LogP contribution in [0.4, 0.5) is 5.69 Å². The van der Waals surface area contributed by atoms with Gasteiger partial charge in [0.1, 0.15) is 5.69 Å². The molecule has 0 aliphatic rings. The Morgan fingerprint density at radius 3 is 2.60 bits per heavy atom. The van der Waals surface area contributed by atoms with E-state index in [-0.39, 0.29) is 29.8 Å². The lowest BCUT2D eigenvalue weighted by atomic mass is 10.1. The molecule has 0 unspecified atom stereocenters. The molecule has 2 amide bonds. The third kappa shape index (κ3) is 6.45. The van der Waals surface area contributed by atoms with Crippen LogP contribution in [-0.2, 0) is 6.42 Å². The fraction of sp³-hybridized carbons (Fsp3) is 0.353. The minimum atomic E-state index is -0.323. The minimum Gasteiger partial charge on any atom is -0.347 e. The van der Waals surface area contributed by atoms with Crippen molar-refractivity contribution in [2.45, 2.75) is 32.7 Å². The number of nitrogens with zero attached hydrogens (tertiary/aromatic N) is 1. The number of rotatable bonds is 5. The molecule has 1 aromatic heterocycles. The van der Waals surface area contributed by atoms with Crippen LogP contribution < -0.4 is 16.4 Å². The van der Waals surface area contributed by atoms with Crippen molar-refractivity contribution in [3.05, 3.63) is 45.9 Å². The van der Waals surface area contributed by atoms with Crippen LogP contribution >= 0.6 is 23.7 Å². The molecule has 0 aliphatic heterocycles. The van der Waals surface area contributed by atoms with Crippen LogP contribution in [0.2, 0.25) is 0 Å². The molecule has 0 spiro atoms. The highest BCUT2D eigenvalue weighted by Crippen LogP contribution is 2.15. The Bertz CT molecular complexity index is 740. The fourth-order valence-electron chi connectivity index (χ4n) is 2.00. The first-order valence-electron chi connectivity index (χ1n) is 7.67. The van der Waals surface area contributed by atoms with Crippen LogP contribution in [0.15, 0.2) is 29.6 Å². The largest absolute Gasteiger partial charge is 0.347 e. The van der Waals surface area contributed by atoms with E-state index in [0.29, 0.717) is 29.9 Å². The van der Waals surface area contributed by atoms with Crippen LogP contribution in [0.5, 0.6) is 0 Å². The molecule has 0 aliphatic carbocycles. The molecule has 2 aromatic rings. The number of carbonyl (C=O) groups is 2. The second-order valence-electron chi connectivity index (χ2n) is 6.40. The SMILES string of the molecule is CC(C)(C)NC(=O)c1cccc(NC(=O)c2csc(CCN)n2)c1.Cl. The molecule has 25 heavy (non-hydrogen) atoms. The third-order valence-electron chi connectivity index (χ3n) is 3.01. The summed E-state index contributed by atoms with van der Waals surface area (Å²) in [7, 11) is 0. The standard InChI is InChI=1S/C17H22N4O2S.ClH/c1-17(2,3)21-15(22)11-5-4-6-12(9-11)19-16(23)13-10-24-14(20-13)7-8-18;/h4-6,9-10H,7-8,18H2,1-3H3,(H,19,23)(H,21,22);1H. The molecule has 0 bridgehead atoms. The number of hydrogen-bond donors (Lipinski definition) is 3. The number of thiazole rings is 1. The number of nitrogens with one attached hydrogen (secondary N) is 2. The molecular formula is C17H23ClN4O2S. The summed E-state index contributed by atoms with van der Waals surface area (Å²) in [6.07, 6.45) is 0.653. The minimum absolute atomic E-state index is 0. The van der Waals surface area contributed by atoms with Gasteiger partial charge in [-0.05, 0) is 45.5 Å². The van der Waals surface area contributed by atoms with Crippen molar-refractivity contribution in [1.82, 2.24) is 10.3 Å². The molecule has 0 saturated heterocycles. The highest BCUT2D eigenvalue weighted by Gasteiger charge is 2.16. The van der Waals surface area contributed by atoms with Crippen LogP contribution in [0.25, 0.3) is 0 Å². The van der Waals surface area contributed by atoms with Crippen LogP contribution in [-0.4, -0.2) is 28.9 Å². The van der Waals surface area contributed by atoms with Gasteiger partial charge >= 0.3 is 0 Å². The summed E-state index contributed by atoms with van der Waals surface area (Å²) in [6.45, 7) is 6.24. The van der Waals surface area contributed by atoms with Crippen LogP contribution in [0.1, 0.15) is 46.6 Å². The summed E-state index contributed by atoms with van der Waals surface area (Å²) < 4.78 is 0. The average Bonchev–Trinajstić information content (AvgIpc) is 2.95. The molecule has 0 atom stereocenters. The maximum Gasteiger partial charge on any atom is 0.275 e. The molecule has 6 nitrogen and oxygen atoms in total. The van der Waals surface area contributed by atoms with Gasteiger partial charge < -0.3 is 16.4 Å². The van der Waals surface area contributed by atoms with Gasteiger partial charge in [0, 0.05) is 28.6 Å². The Balaban J connectivity index is 0.00000312. The third-order valence-corrected chi connectivity index (χ3v) is 3.92. The van der Waals surface area contributed by atoms with Gasteiger partial charge in [0.2, 0.25) is 0 Å². The number of aromatic nitrogens is 1. The van der Waals surface area contributed by atoms with Crippen molar-refractivity contribution in [2.75, 3.05) is 11.9 Å². The molecule has 0 saturated carbocycles. The number of benzene rings is 1. The van der Waals surface area contributed by atoms with E-state index in [1.807, 2.05) is 20.8 Å². The predicted octanol–water partition coefficient (Wildman–Crippen LogP) is 2.85. The summed E-state index contributed by atoms with van der Waals surface area (Å²) in [6, 6.07) is 6.82. The van der Waals surface area contributed by atoms with E-state index < -0.39 is 0 Å². The lowest BCUT2D eigenvalue weighted by Gasteiger charge is -2.20. The van der Waals surface area contributed by atoms with Crippen molar-refractivity contribution < 1.29 is 9.59 Å². The van der Waals surface area contributed by atoms with Crippen molar-refractivity contribution in [3.8, 4) is 0 Å². The van der Waals surface area contributed by atoms with E-state index in [9.17, 15) is 9.59 Å². The Labute approximate surface area is 157 Å². The fourth-order valence-corrected chi connectivity index (χ4v) is 2.79. The smallest absolute Gasteiger partial charge is 0.275 e. The maximum absolute atomic E-state index is 12.2. The Hall–Kier alpha value is -1.96. The molecule has 0 radical (unpaired) electrons. The highest BCUT2D eigenvalue weighted by atomic mass is 35.5. The first kappa shape index (κ1) is 21.1. The van der Waals surface area contributed by atoms with Crippen molar-refractivity contribution >= 4 is 41.2 Å². The number of hydrogen-bond acceptors (Lipinski definition) is 5. The van der Waals surface area contributed by atoms with E-state index >= 15 is 0 Å². The van der Waals surface area contributed by atoms with Gasteiger partial charge in [-0.1, -0.05) is 6.07 Å². The first-order chi connectivity index (χ1) is 11.3. The monoisotopic (exact) mass is 382 g/mol. The Morgan fingerprint density at radius 2 is 1.96 bits per heavy atom. The van der Waals surface area contributed by atoms with Crippen LogP contribution in [0.3, 0.4) is 0 Å². The molecule has 4 N–H and O–H groups in total. The number of amides is 2.